The maximum Gasteiger partial charge on any atom is 0.0416 e. The second kappa shape index (κ2) is 4.66. The number of benzene rings is 1. The van der Waals surface area contributed by atoms with Crippen LogP contribution in [0, 0.1) is 6.92 Å². The topological polar surface area (TPSA) is 50.9 Å². The number of aromatic nitrogens is 1. The Morgan fingerprint density at radius 2 is 2.19 bits per heavy atom. The lowest BCUT2D eigenvalue weighted by atomic mass is 10.2. The summed E-state index contributed by atoms with van der Waals surface area (Å²) in [5.41, 5.74) is 9.92. The van der Waals surface area contributed by atoms with E-state index < -0.39 is 0 Å². The summed E-state index contributed by atoms with van der Waals surface area (Å²) in [6.07, 6.45) is 3.63. The number of anilines is 2. The van der Waals surface area contributed by atoms with Gasteiger partial charge in [0.2, 0.25) is 0 Å². The Morgan fingerprint density at radius 1 is 1.31 bits per heavy atom. The number of rotatable bonds is 3. The molecule has 0 aliphatic rings. The summed E-state index contributed by atoms with van der Waals surface area (Å²) in [7, 11) is 0. The van der Waals surface area contributed by atoms with E-state index in [0.717, 1.165) is 29.0 Å². The summed E-state index contributed by atoms with van der Waals surface area (Å²) >= 11 is 0. The van der Waals surface area contributed by atoms with Crippen molar-refractivity contribution < 1.29 is 0 Å². The Hall–Kier alpha value is -2.03. The number of hydrogen-bond donors (Lipinski definition) is 2. The minimum Gasteiger partial charge on any atom is -0.399 e. The first-order valence-corrected chi connectivity index (χ1v) is 5.24. The summed E-state index contributed by atoms with van der Waals surface area (Å²) in [5, 5.41) is 3.33. The number of pyridine rings is 1. The van der Waals surface area contributed by atoms with Gasteiger partial charge in [0, 0.05) is 30.3 Å². The maximum absolute atomic E-state index is 5.76. The van der Waals surface area contributed by atoms with Gasteiger partial charge in [-0.25, -0.2) is 0 Å². The molecule has 16 heavy (non-hydrogen) atoms. The quantitative estimate of drug-likeness (QED) is 0.770. The van der Waals surface area contributed by atoms with E-state index in [0.29, 0.717) is 0 Å². The van der Waals surface area contributed by atoms with Crippen molar-refractivity contribution >= 4 is 11.4 Å². The fraction of sp³-hybridized carbons (Fsp3) is 0.154. The zero-order valence-corrected chi connectivity index (χ0v) is 9.27. The molecule has 0 radical (unpaired) electrons. The molecule has 1 aromatic carbocycles. The van der Waals surface area contributed by atoms with E-state index in [1.165, 1.54) is 0 Å². The highest BCUT2D eigenvalue weighted by Crippen LogP contribution is 2.17. The average molecular weight is 213 g/mol. The minimum atomic E-state index is 0.775. The molecule has 0 amide bonds. The van der Waals surface area contributed by atoms with Crippen LogP contribution in [0.15, 0.2) is 42.7 Å². The first kappa shape index (κ1) is 10.5. The second-order valence-electron chi connectivity index (χ2n) is 3.79. The Bertz CT molecular complexity index is 466. The molecule has 0 atom stereocenters. The van der Waals surface area contributed by atoms with Crippen molar-refractivity contribution in [3.05, 3.63) is 53.9 Å². The number of aryl methyl sites for hydroxylation is 1. The van der Waals surface area contributed by atoms with E-state index in [9.17, 15) is 0 Å². The molecule has 1 heterocycles. The first-order valence-electron chi connectivity index (χ1n) is 5.24. The van der Waals surface area contributed by atoms with Gasteiger partial charge in [0.05, 0.1) is 0 Å². The Kier molecular flexibility index (Phi) is 3.05. The van der Waals surface area contributed by atoms with Gasteiger partial charge < -0.3 is 11.1 Å². The summed E-state index contributed by atoms with van der Waals surface area (Å²) in [4.78, 5) is 4.07. The van der Waals surface area contributed by atoms with Crippen molar-refractivity contribution in [2.75, 3.05) is 11.1 Å². The predicted octanol–water partition coefficient (Wildman–Crippen LogP) is 2.58. The highest BCUT2D eigenvalue weighted by molar-refractivity contribution is 5.56. The fourth-order valence-electron chi connectivity index (χ4n) is 1.49. The zero-order valence-electron chi connectivity index (χ0n) is 9.27. The lowest BCUT2D eigenvalue weighted by Crippen LogP contribution is -2.00. The third kappa shape index (κ3) is 2.51. The third-order valence-corrected chi connectivity index (χ3v) is 2.49. The molecule has 2 aromatic rings. The minimum absolute atomic E-state index is 0.775. The van der Waals surface area contributed by atoms with Crippen LogP contribution in [0.1, 0.15) is 11.1 Å². The Morgan fingerprint density at radius 3 is 2.88 bits per heavy atom. The van der Waals surface area contributed by atoms with Crippen LogP contribution in [0.25, 0.3) is 0 Å². The molecule has 0 saturated carbocycles. The largest absolute Gasteiger partial charge is 0.399 e. The van der Waals surface area contributed by atoms with Gasteiger partial charge >= 0.3 is 0 Å². The lowest BCUT2D eigenvalue weighted by molar-refractivity contribution is 1.11. The summed E-state index contributed by atoms with van der Waals surface area (Å²) in [5.74, 6) is 0. The highest BCUT2D eigenvalue weighted by Gasteiger charge is 1.96. The summed E-state index contributed by atoms with van der Waals surface area (Å²) in [6, 6.07) is 9.93. The monoisotopic (exact) mass is 213 g/mol. The van der Waals surface area contributed by atoms with E-state index in [4.69, 9.17) is 5.73 Å². The Labute approximate surface area is 95.3 Å². The number of nitrogens with one attached hydrogen (secondary N) is 1. The Balaban J connectivity index is 2.03. The van der Waals surface area contributed by atoms with E-state index in [1.807, 2.05) is 43.5 Å². The molecule has 0 fully saturated rings. The van der Waals surface area contributed by atoms with Crippen molar-refractivity contribution in [1.82, 2.24) is 4.98 Å². The van der Waals surface area contributed by atoms with E-state index in [2.05, 4.69) is 10.3 Å². The van der Waals surface area contributed by atoms with E-state index >= 15 is 0 Å². The van der Waals surface area contributed by atoms with E-state index in [-0.39, 0.29) is 0 Å². The molecule has 0 spiro atoms. The van der Waals surface area contributed by atoms with Crippen LogP contribution in [0.3, 0.4) is 0 Å². The van der Waals surface area contributed by atoms with Crippen molar-refractivity contribution in [3.8, 4) is 0 Å². The van der Waals surface area contributed by atoms with Crippen LogP contribution in [0.2, 0.25) is 0 Å². The van der Waals surface area contributed by atoms with Crippen molar-refractivity contribution in [1.29, 1.82) is 0 Å². The summed E-state index contributed by atoms with van der Waals surface area (Å²) < 4.78 is 0. The van der Waals surface area contributed by atoms with Gasteiger partial charge in [0.15, 0.2) is 0 Å². The first-order chi connectivity index (χ1) is 7.75. The predicted molar refractivity (Wildman–Crippen MR) is 67.2 cm³/mol. The average Bonchev–Trinajstić information content (AvgIpc) is 2.32. The molecule has 3 heteroatoms. The van der Waals surface area contributed by atoms with E-state index in [1.54, 1.807) is 6.20 Å². The standard InChI is InChI=1S/C13H15N3/c1-10-7-12(4-5-13(10)14)16-9-11-3-2-6-15-8-11/h2-8,16H,9,14H2,1H3. The van der Waals surface area contributed by atoms with Crippen LogP contribution < -0.4 is 11.1 Å². The molecule has 0 bridgehead atoms. The molecular formula is C13H15N3. The van der Waals surface area contributed by atoms with Crippen LogP contribution in [0.4, 0.5) is 11.4 Å². The molecule has 3 N–H and O–H groups in total. The van der Waals surface area contributed by atoms with Crippen molar-refractivity contribution in [3.63, 3.8) is 0 Å². The van der Waals surface area contributed by atoms with Crippen LogP contribution >= 0.6 is 0 Å². The fourth-order valence-corrected chi connectivity index (χ4v) is 1.49. The highest BCUT2D eigenvalue weighted by atomic mass is 14.9. The van der Waals surface area contributed by atoms with Crippen LogP contribution in [-0.2, 0) is 6.54 Å². The van der Waals surface area contributed by atoms with Gasteiger partial charge in [-0.2, -0.15) is 0 Å². The molecule has 0 unspecified atom stereocenters. The third-order valence-electron chi connectivity index (χ3n) is 2.49. The molecule has 0 aliphatic carbocycles. The maximum atomic E-state index is 5.76. The number of nitrogens with two attached hydrogens (primary N) is 1. The number of nitrogens with zero attached hydrogens (tertiary/aromatic N) is 1. The zero-order chi connectivity index (χ0) is 11.4. The van der Waals surface area contributed by atoms with Crippen LogP contribution in [0.5, 0.6) is 0 Å². The molecule has 3 nitrogen and oxygen atoms in total. The second-order valence-corrected chi connectivity index (χ2v) is 3.79. The number of nitrogen functional groups attached to an aromatic ring is 1. The van der Waals surface area contributed by atoms with Gasteiger partial charge in [0.1, 0.15) is 0 Å². The van der Waals surface area contributed by atoms with Crippen molar-refractivity contribution in [2.45, 2.75) is 13.5 Å². The normalized spacial score (nSPS) is 10.1. The lowest BCUT2D eigenvalue weighted by Gasteiger charge is -2.08. The molecule has 82 valence electrons. The van der Waals surface area contributed by atoms with Gasteiger partial charge in [-0.1, -0.05) is 6.07 Å². The molecule has 0 saturated heterocycles. The van der Waals surface area contributed by atoms with Crippen LogP contribution in [-0.4, -0.2) is 4.98 Å². The number of hydrogen-bond acceptors (Lipinski definition) is 3. The molecule has 2 rings (SSSR count). The van der Waals surface area contributed by atoms with Gasteiger partial charge in [-0.05, 0) is 42.3 Å². The molecule has 0 aliphatic heterocycles. The SMILES string of the molecule is Cc1cc(NCc2cccnc2)ccc1N. The summed E-state index contributed by atoms with van der Waals surface area (Å²) in [6.45, 7) is 2.78. The molecular weight excluding hydrogens is 198 g/mol. The molecule has 1 aromatic heterocycles. The van der Waals surface area contributed by atoms with Gasteiger partial charge in [0.25, 0.3) is 0 Å². The smallest absolute Gasteiger partial charge is 0.0416 e. The van der Waals surface area contributed by atoms with Crippen molar-refractivity contribution in [2.24, 2.45) is 0 Å². The van der Waals surface area contributed by atoms with Gasteiger partial charge in [-0.15, -0.1) is 0 Å². The van der Waals surface area contributed by atoms with Gasteiger partial charge in [-0.3, -0.25) is 4.98 Å².